The van der Waals surface area contributed by atoms with Crippen molar-refractivity contribution in [3.8, 4) is 0 Å². The van der Waals surface area contributed by atoms with Crippen molar-refractivity contribution < 1.29 is 27.4 Å². The Morgan fingerprint density at radius 2 is 2.20 bits per heavy atom. The summed E-state index contributed by atoms with van der Waals surface area (Å²) in [5.74, 6) is -2.38. The largest absolute Gasteiger partial charge is 0.478 e. The van der Waals surface area contributed by atoms with Gasteiger partial charge in [0.05, 0.1) is 18.8 Å². The van der Waals surface area contributed by atoms with E-state index in [-0.39, 0.29) is 25.3 Å². The number of nitrogens with zero attached hydrogens (tertiary/aromatic N) is 1. The van der Waals surface area contributed by atoms with E-state index in [1.165, 1.54) is 0 Å². The molecule has 0 spiro atoms. The van der Waals surface area contributed by atoms with Gasteiger partial charge in [0.1, 0.15) is 10.7 Å². The number of sulfonamides is 1. The highest BCUT2D eigenvalue weighted by Gasteiger charge is 2.33. The van der Waals surface area contributed by atoms with E-state index in [1.807, 2.05) is 0 Å². The zero-order chi connectivity index (χ0) is 14.9. The van der Waals surface area contributed by atoms with Crippen LogP contribution in [0.4, 0.5) is 4.39 Å². The zero-order valence-corrected chi connectivity index (χ0v) is 11.6. The number of morpholine rings is 1. The monoisotopic (exact) mass is 303 g/mol. The second kappa shape index (κ2) is 5.47. The third-order valence-electron chi connectivity index (χ3n) is 3.07. The summed E-state index contributed by atoms with van der Waals surface area (Å²) in [5, 5.41) is 8.75. The Bertz CT molecular complexity index is 631. The van der Waals surface area contributed by atoms with Crippen LogP contribution in [0.3, 0.4) is 0 Å². The highest BCUT2D eigenvalue weighted by molar-refractivity contribution is 7.89. The summed E-state index contributed by atoms with van der Waals surface area (Å²) in [6.07, 6.45) is 0. The number of benzene rings is 1. The summed E-state index contributed by atoms with van der Waals surface area (Å²) in [4.78, 5) is 10.2. The Morgan fingerprint density at radius 3 is 2.75 bits per heavy atom. The molecule has 0 aromatic heterocycles. The lowest BCUT2D eigenvalue weighted by molar-refractivity contribution is 0.0392. The molecule has 1 N–H and O–H groups in total. The number of rotatable bonds is 3. The van der Waals surface area contributed by atoms with Crippen LogP contribution in [-0.4, -0.2) is 49.6 Å². The molecule has 8 heteroatoms. The molecule has 0 radical (unpaired) electrons. The molecule has 1 aliphatic rings. The van der Waals surface area contributed by atoms with Crippen molar-refractivity contribution in [2.24, 2.45) is 0 Å². The second-order valence-corrected chi connectivity index (χ2v) is 6.35. The quantitative estimate of drug-likeness (QED) is 0.898. The first-order chi connectivity index (χ1) is 9.34. The third-order valence-corrected chi connectivity index (χ3v) is 5.12. The van der Waals surface area contributed by atoms with Crippen LogP contribution in [-0.2, 0) is 14.8 Å². The van der Waals surface area contributed by atoms with Crippen molar-refractivity contribution in [2.45, 2.75) is 17.9 Å². The highest BCUT2D eigenvalue weighted by Crippen LogP contribution is 2.23. The third kappa shape index (κ3) is 2.67. The number of carboxylic acid groups (broad SMARTS) is 1. The Labute approximate surface area is 115 Å². The van der Waals surface area contributed by atoms with Crippen LogP contribution in [0.25, 0.3) is 0 Å². The first-order valence-electron chi connectivity index (χ1n) is 5.96. The lowest BCUT2D eigenvalue weighted by Crippen LogP contribution is -2.47. The zero-order valence-electron chi connectivity index (χ0n) is 10.7. The van der Waals surface area contributed by atoms with Crippen molar-refractivity contribution in [2.75, 3.05) is 19.8 Å². The van der Waals surface area contributed by atoms with Gasteiger partial charge in [0.15, 0.2) is 0 Å². The van der Waals surface area contributed by atoms with Crippen LogP contribution >= 0.6 is 0 Å². The average molecular weight is 303 g/mol. The number of ether oxygens (including phenoxy) is 1. The maximum absolute atomic E-state index is 13.9. The van der Waals surface area contributed by atoms with E-state index in [2.05, 4.69) is 0 Å². The number of halogens is 1. The standard InChI is InChI=1S/C12H14FNO5S/c1-8-7-19-5-4-14(8)20(17,18)11-3-2-9(12(15)16)6-10(11)13/h2-3,6,8H,4-5,7H2,1H3,(H,15,16)/t8-/m1/s1. The molecule has 1 aromatic carbocycles. The number of carboxylic acids is 1. The van der Waals surface area contributed by atoms with Crippen LogP contribution in [0.2, 0.25) is 0 Å². The van der Waals surface area contributed by atoms with Gasteiger partial charge in [0, 0.05) is 12.6 Å². The molecule has 1 heterocycles. The van der Waals surface area contributed by atoms with Gasteiger partial charge in [0.25, 0.3) is 0 Å². The number of hydrogen-bond acceptors (Lipinski definition) is 4. The summed E-state index contributed by atoms with van der Waals surface area (Å²) >= 11 is 0. The van der Waals surface area contributed by atoms with Crippen molar-refractivity contribution in [1.29, 1.82) is 0 Å². The average Bonchev–Trinajstić information content (AvgIpc) is 2.38. The summed E-state index contributed by atoms with van der Waals surface area (Å²) in [6.45, 7) is 2.30. The minimum absolute atomic E-state index is 0.142. The van der Waals surface area contributed by atoms with Gasteiger partial charge >= 0.3 is 5.97 Å². The normalized spacial score (nSPS) is 20.8. The Balaban J connectivity index is 2.41. The number of hydrogen-bond donors (Lipinski definition) is 1. The SMILES string of the molecule is C[C@@H]1COCCN1S(=O)(=O)c1ccc(C(=O)O)cc1F. The van der Waals surface area contributed by atoms with Crippen LogP contribution in [0.15, 0.2) is 23.1 Å². The van der Waals surface area contributed by atoms with E-state index >= 15 is 0 Å². The second-order valence-electron chi connectivity index (χ2n) is 4.49. The van der Waals surface area contributed by atoms with Crippen molar-refractivity contribution in [1.82, 2.24) is 4.31 Å². The fourth-order valence-corrected chi connectivity index (χ4v) is 3.69. The van der Waals surface area contributed by atoms with Gasteiger partial charge in [0.2, 0.25) is 10.0 Å². The van der Waals surface area contributed by atoms with E-state index in [1.54, 1.807) is 6.92 Å². The van der Waals surface area contributed by atoms with E-state index < -0.39 is 32.7 Å². The van der Waals surface area contributed by atoms with Crippen molar-refractivity contribution in [3.05, 3.63) is 29.6 Å². The van der Waals surface area contributed by atoms with E-state index in [0.29, 0.717) is 6.07 Å². The number of carbonyl (C=O) groups is 1. The van der Waals surface area contributed by atoms with Crippen LogP contribution < -0.4 is 0 Å². The lowest BCUT2D eigenvalue weighted by Gasteiger charge is -2.32. The molecule has 1 aromatic rings. The molecule has 1 saturated heterocycles. The van der Waals surface area contributed by atoms with Crippen molar-refractivity contribution >= 4 is 16.0 Å². The minimum atomic E-state index is -4.00. The van der Waals surface area contributed by atoms with Gasteiger partial charge < -0.3 is 9.84 Å². The highest BCUT2D eigenvalue weighted by atomic mass is 32.2. The molecule has 0 amide bonds. The van der Waals surface area contributed by atoms with E-state index in [9.17, 15) is 17.6 Å². The van der Waals surface area contributed by atoms with E-state index in [0.717, 1.165) is 16.4 Å². The van der Waals surface area contributed by atoms with Crippen LogP contribution in [0.5, 0.6) is 0 Å². The van der Waals surface area contributed by atoms with Crippen molar-refractivity contribution in [3.63, 3.8) is 0 Å². The Morgan fingerprint density at radius 1 is 1.50 bits per heavy atom. The molecule has 1 fully saturated rings. The number of aromatic carboxylic acids is 1. The van der Waals surface area contributed by atoms with Gasteiger partial charge in [-0.05, 0) is 25.1 Å². The van der Waals surface area contributed by atoms with Gasteiger partial charge in [-0.25, -0.2) is 17.6 Å². The fourth-order valence-electron chi connectivity index (χ4n) is 2.04. The van der Waals surface area contributed by atoms with Gasteiger partial charge in [-0.1, -0.05) is 0 Å². The first kappa shape index (κ1) is 14.9. The molecule has 0 unspecified atom stereocenters. The Hall–Kier alpha value is -1.51. The topological polar surface area (TPSA) is 83.9 Å². The Kier molecular flexibility index (Phi) is 4.07. The summed E-state index contributed by atoms with van der Waals surface area (Å²) in [6, 6.07) is 2.37. The molecule has 6 nitrogen and oxygen atoms in total. The van der Waals surface area contributed by atoms with Gasteiger partial charge in [-0.15, -0.1) is 0 Å². The molecule has 1 atom stereocenters. The molecule has 0 saturated carbocycles. The molecular weight excluding hydrogens is 289 g/mol. The molecule has 2 rings (SSSR count). The molecule has 1 aliphatic heterocycles. The molecule has 0 aliphatic carbocycles. The maximum Gasteiger partial charge on any atom is 0.335 e. The molecule has 20 heavy (non-hydrogen) atoms. The fraction of sp³-hybridized carbons (Fsp3) is 0.417. The molecular formula is C12H14FNO5S. The molecule has 110 valence electrons. The maximum atomic E-state index is 13.9. The first-order valence-corrected chi connectivity index (χ1v) is 7.40. The predicted molar refractivity (Wildman–Crippen MR) is 67.5 cm³/mol. The minimum Gasteiger partial charge on any atom is -0.478 e. The van der Waals surface area contributed by atoms with Crippen LogP contribution in [0.1, 0.15) is 17.3 Å². The lowest BCUT2D eigenvalue weighted by atomic mass is 10.2. The predicted octanol–water partition coefficient (Wildman–Crippen LogP) is 0.933. The molecule has 0 bridgehead atoms. The summed E-state index contributed by atoms with van der Waals surface area (Å²) in [5.41, 5.74) is -0.295. The van der Waals surface area contributed by atoms with E-state index in [4.69, 9.17) is 9.84 Å². The summed E-state index contributed by atoms with van der Waals surface area (Å²) < 4.78 is 45.0. The van der Waals surface area contributed by atoms with Gasteiger partial charge in [-0.2, -0.15) is 4.31 Å². The van der Waals surface area contributed by atoms with Crippen LogP contribution in [0, 0.1) is 5.82 Å². The van der Waals surface area contributed by atoms with Gasteiger partial charge in [-0.3, -0.25) is 0 Å². The smallest absolute Gasteiger partial charge is 0.335 e. The summed E-state index contributed by atoms with van der Waals surface area (Å²) in [7, 11) is -4.00.